The van der Waals surface area contributed by atoms with Gasteiger partial charge in [0.25, 0.3) is 0 Å². The van der Waals surface area contributed by atoms with Gasteiger partial charge in [-0.1, -0.05) is 54.7 Å². The molecule has 0 spiro atoms. The summed E-state index contributed by atoms with van der Waals surface area (Å²) in [5, 5.41) is 0. The second-order valence-corrected chi connectivity index (χ2v) is 4.90. The highest BCUT2D eigenvalue weighted by atomic mass is 32.1. The highest BCUT2D eigenvalue weighted by molar-refractivity contribution is 7.80. The zero-order chi connectivity index (χ0) is 14.4. The molecule has 4 heteroatoms. The first kappa shape index (κ1) is 14.6. The lowest BCUT2D eigenvalue weighted by Gasteiger charge is -2.07. The number of rotatable bonds is 6. The van der Waals surface area contributed by atoms with Crippen molar-refractivity contribution < 1.29 is 9.13 Å². The van der Waals surface area contributed by atoms with E-state index in [0.717, 1.165) is 6.42 Å². The molecule has 0 radical (unpaired) electrons. The lowest BCUT2D eigenvalue weighted by Crippen LogP contribution is -2.10. The fourth-order valence-corrected chi connectivity index (χ4v) is 1.96. The molecule has 0 atom stereocenters. The molecular formula is C16H16FNOS. The van der Waals surface area contributed by atoms with Crippen LogP contribution < -0.4 is 5.73 Å². The average Bonchev–Trinajstić information content (AvgIpc) is 2.46. The summed E-state index contributed by atoms with van der Waals surface area (Å²) in [6, 6.07) is 14.8. The van der Waals surface area contributed by atoms with Crippen molar-refractivity contribution in [2.75, 3.05) is 6.61 Å². The van der Waals surface area contributed by atoms with Crippen molar-refractivity contribution in [2.45, 2.75) is 13.0 Å². The molecule has 0 heterocycles. The van der Waals surface area contributed by atoms with Gasteiger partial charge in [-0.2, -0.15) is 0 Å². The zero-order valence-corrected chi connectivity index (χ0v) is 11.8. The summed E-state index contributed by atoms with van der Waals surface area (Å²) in [7, 11) is 0. The Labute approximate surface area is 123 Å². The van der Waals surface area contributed by atoms with Gasteiger partial charge >= 0.3 is 0 Å². The second-order valence-electron chi connectivity index (χ2n) is 4.46. The maximum atomic E-state index is 13.8. The summed E-state index contributed by atoms with van der Waals surface area (Å²) >= 11 is 4.81. The molecule has 20 heavy (non-hydrogen) atoms. The smallest absolute Gasteiger partial charge is 0.129 e. The normalized spacial score (nSPS) is 10.4. The molecule has 0 amide bonds. The summed E-state index contributed by atoms with van der Waals surface area (Å²) in [5.41, 5.74) is 7.70. The van der Waals surface area contributed by atoms with Crippen molar-refractivity contribution in [2.24, 2.45) is 5.73 Å². The Kier molecular flexibility index (Phi) is 5.21. The summed E-state index contributed by atoms with van der Waals surface area (Å²) in [5.74, 6) is -0.338. The van der Waals surface area contributed by atoms with Crippen LogP contribution in [0.1, 0.15) is 16.7 Å². The van der Waals surface area contributed by atoms with Gasteiger partial charge in [0.15, 0.2) is 0 Å². The van der Waals surface area contributed by atoms with Crippen molar-refractivity contribution in [1.82, 2.24) is 0 Å². The van der Waals surface area contributed by atoms with E-state index in [-0.39, 0.29) is 17.4 Å². The maximum absolute atomic E-state index is 13.8. The average molecular weight is 289 g/mol. The first-order chi connectivity index (χ1) is 9.66. The lowest BCUT2D eigenvalue weighted by molar-refractivity contribution is 0.121. The van der Waals surface area contributed by atoms with E-state index in [1.165, 1.54) is 11.6 Å². The van der Waals surface area contributed by atoms with Gasteiger partial charge in [-0.05, 0) is 18.1 Å². The fraction of sp³-hybridized carbons (Fsp3) is 0.188. The van der Waals surface area contributed by atoms with Crippen LogP contribution in [0.5, 0.6) is 0 Å². The Bertz CT molecular complexity index is 586. The van der Waals surface area contributed by atoms with Crippen LogP contribution >= 0.6 is 12.2 Å². The van der Waals surface area contributed by atoms with Crippen molar-refractivity contribution in [3.05, 3.63) is 71.0 Å². The molecule has 2 N–H and O–H groups in total. The third kappa shape index (κ3) is 4.11. The maximum Gasteiger partial charge on any atom is 0.129 e. The molecule has 0 bridgehead atoms. The number of thiocarbonyl (C=S) groups is 1. The Morgan fingerprint density at radius 1 is 1.15 bits per heavy atom. The third-order valence-corrected chi connectivity index (χ3v) is 3.21. The van der Waals surface area contributed by atoms with Crippen LogP contribution in [0.25, 0.3) is 0 Å². The van der Waals surface area contributed by atoms with Crippen LogP contribution in [0.3, 0.4) is 0 Å². The monoisotopic (exact) mass is 289 g/mol. The molecular weight excluding hydrogens is 273 g/mol. The minimum absolute atomic E-state index is 0.195. The molecule has 2 aromatic rings. The molecule has 0 saturated heterocycles. The van der Waals surface area contributed by atoms with Crippen LogP contribution in [0.2, 0.25) is 0 Å². The number of nitrogens with two attached hydrogens (primary N) is 1. The van der Waals surface area contributed by atoms with E-state index in [1.54, 1.807) is 12.1 Å². The number of hydrogen-bond acceptors (Lipinski definition) is 2. The van der Waals surface area contributed by atoms with Gasteiger partial charge < -0.3 is 10.5 Å². The number of ether oxygens (including phenoxy) is 1. The van der Waals surface area contributed by atoms with Crippen molar-refractivity contribution in [3.8, 4) is 0 Å². The fourth-order valence-electron chi connectivity index (χ4n) is 1.83. The van der Waals surface area contributed by atoms with Crippen LogP contribution in [0.15, 0.2) is 48.5 Å². The molecule has 0 saturated carbocycles. The largest absolute Gasteiger partial charge is 0.389 e. The molecule has 0 aliphatic carbocycles. The van der Waals surface area contributed by atoms with Crippen LogP contribution in [0.4, 0.5) is 4.39 Å². The van der Waals surface area contributed by atoms with Gasteiger partial charge in [0.05, 0.1) is 13.2 Å². The van der Waals surface area contributed by atoms with Gasteiger partial charge in [0, 0.05) is 11.1 Å². The van der Waals surface area contributed by atoms with Gasteiger partial charge in [0.2, 0.25) is 0 Å². The topological polar surface area (TPSA) is 35.2 Å². The van der Waals surface area contributed by atoms with Gasteiger partial charge in [0.1, 0.15) is 10.8 Å². The van der Waals surface area contributed by atoms with Gasteiger partial charge in [-0.3, -0.25) is 0 Å². The minimum atomic E-state index is -0.338. The summed E-state index contributed by atoms with van der Waals surface area (Å²) in [4.78, 5) is 0.195. The molecule has 0 aliphatic heterocycles. The quantitative estimate of drug-likeness (QED) is 0.655. The van der Waals surface area contributed by atoms with Gasteiger partial charge in [-0.15, -0.1) is 0 Å². The van der Waals surface area contributed by atoms with E-state index in [9.17, 15) is 4.39 Å². The molecule has 2 aromatic carbocycles. The Morgan fingerprint density at radius 2 is 1.90 bits per heavy atom. The van der Waals surface area contributed by atoms with E-state index >= 15 is 0 Å². The molecule has 2 rings (SSSR count). The van der Waals surface area contributed by atoms with Crippen molar-refractivity contribution in [1.29, 1.82) is 0 Å². The Morgan fingerprint density at radius 3 is 2.55 bits per heavy atom. The number of hydrogen-bond donors (Lipinski definition) is 1. The molecule has 0 aromatic heterocycles. The van der Waals surface area contributed by atoms with E-state index in [4.69, 9.17) is 22.7 Å². The first-order valence-corrected chi connectivity index (χ1v) is 6.77. The van der Waals surface area contributed by atoms with Crippen molar-refractivity contribution >= 4 is 17.2 Å². The number of halogens is 1. The predicted octanol–water partition coefficient (Wildman–Crippen LogP) is 3.22. The summed E-state index contributed by atoms with van der Waals surface area (Å²) in [6.45, 7) is 0.802. The Balaban J connectivity index is 1.84. The molecule has 104 valence electrons. The van der Waals surface area contributed by atoms with Gasteiger partial charge in [-0.25, -0.2) is 4.39 Å². The van der Waals surface area contributed by atoms with Crippen LogP contribution in [-0.2, 0) is 17.8 Å². The molecule has 0 unspecified atom stereocenters. The highest BCUT2D eigenvalue weighted by Crippen LogP contribution is 2.12. The second kappa shape index (κ2) is 7.12. The number of benzene rings is 2. The summed E-state index contributed by atoms with van der Waals surface area (Å²) < 4.78 is 19.3. The molecule has 0 fully saturated rings. The SMILES string of the molecule is NC(=S)c1ccc(COCCc2ccccc2)c(F)c1. The summed E-state index contributed by atoms with van der Waals surface area (Å²) in [6.07, 6.45) is 0.813. The minimum Gasteiger partial charge on any atom is -0.389 e. The van der Waals surface area contributed by atoms with E-state index in [2.05, 4.69) is 0 Å². The predicted molar refractivity (Wildman–Crippen MR) is 82.1 cm³/mol. The highest BCUT2D eigenvalue weighted by Gasteiger charge is 2.05. The zero-order valence-electron chi connectivity index (χ0n) is 11.0. The lowest BCUT2D eigenvalue weighted by atomic mass is 10.1. The van der Waals surface area contributed by atoms with E-state index in [0.29, 0.717) is 17.7 Å². The third-order valence-electron chi connectivity index (χ3n) is 2.97. The Hall–Kier alpha value is -1.78. The molecule has 0 aliphatic rings. The first-order valence-electron chi connectivity index (χ1n) is 6.36. The van der Waals surface area contributed by atoms with Crippen molar-refractivity contribution in [3.63, 3.8) is 0 Å². The standard InChI is InChI=1S/C16H16FNOS/c17-15-10-13(16(18)20)6-7-14(15)11-19-9-8-12-4-2-1-3-5-12/h1-7,10H,8-9,11H2,(H2,18,20). The van der Waals surface area contributed by atoms with E-state index < -0.39 is 0 Å². The molecule has 2 nitrogen and oxygen atoms in total. The van der Waals surface area contributed by atoms with Crippen LogP contribution in [-0.4, -0.2) is 11.6 Å². The van der Waals surface area contributed by atoms with E-state index in [1.807, 2.05) is 30.3 Å². The van der Waals surface area contributed by atoms with Crippen LogP contribution in [0, 0.1) is 5.82 Å².